The summed E-state index contributed by atoms with van der Waals surface area (Å²) in [5.41, 5.74) is 0.586. The monoisotopic (exact) mass is 433 g/mol. The van der Waals surface area contributed by atoms with Crippen molar-refractivity contribution in [1.29, 1.82) is 0 Å². The fourth-order valence-electron chi connectivity index (χ4n) is 2.20. The number of ether oxygens (including phenoxy) is 2. The maximum absolute atomic E-state index is 12.2. The average molecular weight is 434 g/mol. The number of esters is 1. The van der Waals surface area contributed by atoms with Crippen molar-refractivity contribution in [1.82, 2.24) is 10.2 Å². The maximum Gasteiger partial charge on any atom is 0.337 e. The zero-order valence-electron chi connectivity index (χ0n) is 15.3. The molecule has 3 aromatic rings. The number of benzene rings is 2. The highest BCUT2D eigenvalue weighted by Crippen LogP contribution is 2.24. The number of hydrogen-bond donors (Lipinski definition) is 1. The van der Waals surface area contributed by atoms with Crippen LogP contribution < -0.4 is 10.1 Å². The van der Waals surface area contributed by atoms with E-state index in [0.717, 1.165) is 11.8 Å². The van der Waals surface area contributed by atoms with E-state index in [9.17, 15) is 9.59 Å². The average Bonchev–Trinajstić information content (AvgIpc) is 3.20. The highest BCUT2D eigenvalue weighted by atomic mass is 35.5. The number of para-hydroxylation sites is 1. The number of carbonyl (C=O) groups excluding carboxylic acids is 2. The number of anilines is 1. The molecule has 150 valence electrons. The number of thioether (sulfide) groups is 1. The number of hydrogen-bond acceptors (Lipinski definition) is 8. The summed E-state index contributed by atoms with van der Waals surface area (Å²) in [4.78, 5) is 23.8. The third kappa shape index (κ3) is 5.97. The molecular weight excluding hydrogens is 418 g/mol. The molecule has 3 rings (SSSR count). The van der Waals surface area contributed by atoms with Crippen LogP contribution in [-0.4, -0.2) is 34.9 Å². The lowest BCUT2D eigenvalue weighted by molar-refractivity contribution is -0.113. The Labute approximate surface area is 175 Å². The van der Waals surface area contributed by atoms with Gasteiger partial charge in [0.25, 0.3) is 11.1 Å². The van der Waals surface area contributed by atoms with Crippen LogP contribution in [0.3, 0.4) is 0 Å². The Hall–Kier alpha value is -3.04. The summed E-state index contributed by atoms with van der Waals surface area (Å²) in [5, 5.41) is 10.9. The molecule has 29 heavy (non-hydrogen) atoms. The van der Waals surface area contributed by atoms with Crippen molar-refractivity contribution in [2.45, 2.75) is 11.8 Å². The van der Waals surface area contributed by atoms with Gasteiger partial charge in [-0.2, -0.15) is 0 Å². The zero-order valence-corrected chi connectivity index (χ0v) is 16.8. The lowest BCUT2D eigenvalue weighted by Crippen LogP contribution is -2.15. The number of rotatable bonds is 8. The molecule has 0 saturated carbocycles. The van der Waals surface area contributed by atoms with Gasteiger partial charge < -0.3 is 19.2 Å². The first-order chi connectivity index (χ1) is 14.0. The molecule has 1 amide bonds. The van der Waals surface area contributed by atoms with Crippen molar-refractivity contribution in [3.8, 4) is 5.75 Å². The minimum absolute atomic E-state index is 0.0138. The maximum atomic E-state index is 12.2. The van der Waals surface area contributed by atoms with E-state index in [-0.39, 0.29) is 29.1 Å². The van der Waals surface area contributed by atoms with Gasteiger partial charge in [-0.3, -0.25) is 4.79 Å². The molecule has 0 fully saturated rings. The van der Waals surface area contributed by atoms with Gasteiger partial charge in [-0.25, -0.2) is 4.79 Å². The summed E-state index contributed by atoms with van der Waals surface area (Å²) in [5.74, 6) is 0.123. The smallest absolute Gasteiger partial charge is 0.337 e. The summed E-state index contributed by atoms with van der Waals surface area (Å²) >= 11 is 7.13. The van der Waals surface area contributed by atoms with Crippen molar-refractivity contribution in [2.75, 3.05) is 18.2 Å². The Morgan fingerprint density at radius 1 is 1.17 bits per heavy atom. The standard InChI is InChI=1S/C19H16ClN3O5S/c1-26-18(25)12-7-8-14(20)15(9-12)21-16(24)11-29-19-23-22-17(28-19)10-27-13-5-3-2-4-6-13/h2-9H,10-11H2,1H3,(H,21,24). The van der Waals surface area contributed by atoms with Crippen molar-refractivity contribution < 1.29 is 23.5 Å². The first kappa shape index (κ1) is 20.7. The van der Waals surface area contributed by atoms with Gasteiger partial charge in [-0.05, 0) is 30.3 Å². The lowest BCUT2D eigenvalue weighted by atomic mass is 10.2. The molecule has 1 aromatic heterocycles. The van der Waals surface area contributed by atoms with Gasteiger partial charge in [-0.15, -0.1) is 10.2 Å². The lowest BCUT2D eigenvalue weighted by Gasteiger charge is -2.08. The molecule has 1 N–H and O–H groups in total. The summed E-state index contributed by atoms with van der Waals surface area (Å²) in [6.07, 6.45) is 0. The van der Waals surface area contributed by atoms with E-state index in [0.29, 0.717) is 22.4 Å². The van der Waals surface area contributed by atoms with Crippen molar-refractivity contribution in [3.05, 3.63) is 65.0 Å². The molecule has 0 bridgehead atoms. The predicted molar refractivity (Wildman–Crippen MR) is 107 cm³/mol. The van der Waals surface area contributed by atoms with Gasteiger partial charge in [0.05, 0.1) is 29.1 Å². The summed E-state index contributed by atoms with van der Waals surface area (Å²) < 4.78 is 15.6. The highest BCUT2D eigenvalue weighted by Gasteiger charge is 2.14. The van der Waals surface area contributed by atoms with Gasteiger partial charge in [0, 0.05) is 0 Å². The molecule has 0 radical (unpaired) electrons. The molecule has 0 atom stereocenters. The second-order valence-corrected chi connectivity index (χ2v) is 6.92. The molecule has 0 unspecified atom stereocenters. The highest BCUT2D eigenvalue weighted by molar-refractivity contribution is 7.99. The number of carbonyl (C=O) groups is 2. The Bertz CT molecular complexity index is 997. The topological polar surface area (TPSA) is 104 Å². The van der Waals surface area contributed by atoms with Gasteiger partial charge in [0.2, 0.25) is 5.91 Å². The fraction of sp³-hybridized carbons (Fsp3) is 0.158. The summed E-state index contributed by atoms with van der Waals surface area (Å²) in [6, 6.07) is 13.7. The third-order valence-corrected chi connectivity index (χ3v) is 4.69. The van der Waals surface area contributed by atoms with E-state index in [1.54, 1.807) is 0 Å². The summed E-state index contributed by atoms with van der Waals surface area (Å²) in [7, 11) is 1.27. The van der Waals surface area contributed by atoms with Gasteiger partial charge >= 0.3 is 5.97 Å². The Balaban J connectivity index is 1.51. The van der Waals surface area contributed by atoms with Crippen LogP contribution in [-0.2, 0) is 16.1 Å². The SMILES string of the molecule is COC(=O)c1ccc(Cl)c(NC(=O)CSc2nnc(COc3ccccc3)o2)c1. The molecule has 0 saturated heterocycles. The number of amides is 1. The van der Waals surface area contributed by atoms with Crippen molar-refractivity contribution in [3.63, 3.8) is 0 Å². The van der Waals surface area contributed by atoms with Crippen LogP contribution in [0.5, 0.6) is 5.75 Å². The van der Waals surface area contributed by atoms with E-state index in [1.165, 1.54) is 25.3 Å². The Kier molecular flexibility index (Phi) is 7.09. The van der Waals surface area contributed by atoms with Crippen molar-refractivity contribution in [2.24, 2.45) is 0 Å². The molecular formula is C19H16ClN3O5S. The van der Waals surface area contributed by atoms with Gasteiger partial charge in [0.1, 0.15) is 5.75 Å². The number of halogens is 1. The van der Waals surface area contributed by atoms with Crippen LogP contribution in [0.1, 0.15) is 16.2 Å². The van der Waals surface area contributed by atoms with Gasteiger partial charge in [-0.1, -0.05) is 41.6 Å². The molecule has 1 heterocycles. The molecule has 0 aliphatic rings. The first-order valence-corrected chi connectivity index (χ1v) is 9.72. The summed E-state index contributed by atoms with van der Waals surface area (Å²) in [6.45, 7) is 0.125. The van der Waals surface area contributed by atoms with E-state index in [4.69, 9.17) is 20.8 Å². The number of nitrogens with one attached hydrogen (secondary N) is 1. The van der Waals surface area contributed by atoms with Crippen LogP contribution in [0.4, 0.5) is 5.69 Å². The van der Waals surface area contributed by atoms with E-state index in [1.807, 2.05) is 30.3 Å². The van der Waals surface area contributed by atoms with E-state index >= 15 is 0 Å². The number of methoxy groups -OCH3 is 1. The van der Waals surface area contributed by atoms with Crippen LogP contribution in [0.25, 0.3) is 0 Å². The number of aromatic nitrogens is 2. The van der Waals surface area contributed by atoms with Gasteiger partial charge in [0.15, 0.2) is 6.61 Å². The minimum atomic E-state index is -0.525. The largest absolute Gasteiger partial charge is 0.484 e. The molecule has 2 aromatic carbocycles. The normalized spacial score (nSPS) is 10.4. The zero-order chi connectivity index (χ0) is 20.6. The second kappa shape index (κ2) is 9.94. The Morgan fingerprint density at radius 3 is 2.72 bits per heavy atom. The first-order valence-electron chi connectivity index (χ1n) is 8.36. The molecule has 0 aliphatic heterocycles. The Morgan fingerprint density at radius 2 is 1.97 bits per heavy atom. The van der Waals surface area contributed by atoms with Crippen LogP contribution in [0, 0.1) is 0 Å². The molecule has 0 aliphatic carbocycles. The van der Waals surface area contributed by atoms with Crippen LogP contribution in [0.2, 0.25) is 5.02 Å². The van der Waals surface area contributed by atoms with Crippen LogP contribution in [0.15, 0.2) is 58.2 Å². The number of nitrogens with zero attached hydrogens (tertiary/aromatic N) is 2. The third-order valence-electron chi connectivity index (χ3n) is 3.54. The fourth-order valence-corrected chi connectivity index (χ4v) is 2.94. The quantitative estimate of drug-likeness (QED) is 0.422. The second-order valence-electron chi connectivity index (χ2n) is 5.59. The van der Waals surface area contributed by atoms with Crippen LogP contribution >= 0.6 is 23.4 Å². The van der Waals surface area contributed by atoms with E-state index in [2.05, 4.69) is 20.3 Å². The molecule has 0 spiro atoms. The molecule has 8 nitrogen and oxygen atoms in total. The van der Waals surface area contributed by atoms with Crippen molar-refractivity contribution >= 4 is 40.9 Å². The minimum Gasteiger partial charge on any atom is -0.484 e. The van der Waals surface area contributed by atoms with E-state index < -0.39 is 5.97 Å². The molecule has 10 heteroatoms. The predicted octanol–water partition coefficient (Wildman–Crippen LogP) is 3.82.